The van der Waals surface area contributed by atoms with Crippen LogP contribution in [-0.4, -0.2) is 24.4 Å². The Kier molecular flexibility index (Phi) is 4.62. The lowest BCUT2D eigenvalue weighted by Gasteiger charge is -2.10. The van der Waals surface area contributed by atoms with Gasteiger partial charge in [-0.1, -0.05) is 0 Å². The summed E-state index contributed by atoms with van der Waals surface area (Å²) >= 11 is 1.65. The third-order valence-electron chi connectivity index (χ3n) is 2.80. The van der Waals surface area contributed by atoms with E-state index in [-0.39, 0.29) is 11.4 Å². The van der Waals surface area contributed by atoms with Crippen molar-refractivity contribution in [2.24, 2.45) is 0 Å². The van der Waals surface area contributed by atoms with Gasteiger partial charge >= 0.3 is 0 Å². The summed E-state index contributed by atoms with van der Waals surface area (Å²) in [5.74, 6) is 2.24. The van der Waals surface area contributed by atoms with Gasteiger partial charge in [0.25, 0.3) is 10.9 Å². The van der Waals surface area contributed by atoms with Crippen molar-refractivity contribution in [3.05, 3.63) is 44.5 Å². The number of nitrogens with zero attached hydrogens (tertiary/aromatic N) is 1. The Balaban J connectivity index is 1.75. The topological polar surface area (TPSA) is 94.3 Å². The zero-order chi connectivity index (χ0) is 14.5. The first kappa shape index (κ1) is 14.4. The highest BCUT2D eigenvalue weighted by Crippen LogP contribution is 2.20. The van der Waals surface area contributed by atoms with Crippen molar-refractivity contribution in [3.63, 3.8) is 0 Å². The molecule has 2 aromatic rings. The maximum atomic E-state index is 11.2. The minimum atomic E-state index is -0.599. The van der Waals surface area contributed by atoms with E-state index in [4.69, 9.17) is 10.5 Å². The minimum Gasteiger partial charge on any atom is -0.495 e. The molecule has 0 bridgehead atoms. The maximum absolute atomic E-state index is 11.2. The van der Waals surface area contributed by atoms with Crippen LogP contribution in [0.5, 0.6) is 5.75 Å². The second-order valence-corrected chi connectivity index (χ2v) is 5.18. The number of methoxy groups -OCH3 is 1. The third kappa shape index (κ3) is 2.93. The number of ether oxygens (including phenoxy) is 1. The van der Waals surface area contributed by atoms with E-state index in [1.165, 1.54) is 0 Å². The average molecular weight is 293 g/mol. The lowest BCUT2D eigenvalue weighted by atomic mass is 10.2. The minimum absolute atomic E-state index is 0.0337. The van der Waals surface area contributed by atoms with Crippen LogP contribution in [-0.2, 0) is 5.75 Å². The number of aromatic nitrogens is 1. The average Bonchev–Trinajstić information content (AvgIpc) is 2.50. The van der Waals surface area contributed by atoms with Crippen LogP contribution in [0, 0.1) is 0 Å². The molecule has 0 unspecified atom stereocenters. The SMILES string of the molecule is COc1cccnc1CSCCNc1c(N)c(=O)c1=O. The summed E-state index contributed by atoms with van der Waals surface area (Å²) < 4.78 is 5.21. The summed E-state index contributed by atoms with van der Waals surface area (Å²) in [6.45, 7) is 0.564. The van der Waals surface area contributed by atoms with Crippen LogP contribution in [0.2, 0.25) is 0 Å². The second kappa shape index (κ2) is 6.42. The van der Waals surface area contributed by atoms with Crippen molar-refractivity contribution >= 4 is 23.1 Å². The Morgan fingerprint density at radius 1 is 1.40 bits per heavy atom. The summed E-state index contributed by atoms with van der Waals surface area (Å²) in [4.78, 5) is 26.3. The molecule has 1 aromatic heterocycles. The summed E-state index contributed by atoms with van der Waals surface area (Å²) in [7, 11) is 1.61. The number of hydrogen-bond acceptors (Lipinski definition) is 7. The molecule has 106 valence electrons. The Bertz CT molecular complexity index is 665. The zero-order valence-corrected chi connectivity index (χ0v) is 11.8. The van der Waals surface area contributed by atoms with Gasteiger partial charge in [-0.25, -0.2) is 0 Å². The molecular formula is C13H15N3O3S. The smallest absolute Gasteiger partial charge is 0.253 e. The molecule has 0 atom stereocenters. The van der Waals surface area contributed by atoms with E-state index in [9.17, 15) is 9.59 Å². The van der Waals surface area contributed by atoms with Gasteiger partial charge in [-0.2, -0.15) is 11.8 Å². The Morgan fingerprint density at radius 2 is 2.20 bits per heavy atom. The van der Waals surface area contributed by atoms with Gasteiger partial charge in [0.1, 0.15) is 17.1 Å². The van der Waals surface area contributed by atoms with E-state index in [1.54, 1.807) is 25.1 Å². The number of hydrogen-bond donors (Lipinski definition) is 2. The maximum Gasteiger partial charge on any atom is 0.253 e. The lowest BCUT2D eigenvalue weighted by molar-refractivity contribution is 0.409. The molecule has 0 saturated carbocycles. The molecule has 0 radical (unpaired) electrons. The Morgan fingerprint density at radius 3 is 2.90 bits per heavy atom. The van der Waals surface area contributed by atoms with Gasteiger partial charge in [-0.15, -0.1) is 0 Å². The molecule has 2 rings (SSSR count). The molecule has 0 saturated heterocycles. The van der Waals surface area contributed by atoms with Gasteiger partial charge in [0.15, 0.2) is 0 Å². The van der Waals surface area contributed by atoms with Crippen LogP contribution in [0.4, 0.5) is 11.4 Å². The van der Waals surface area contributed by atoms with Crippen molar-refractivity contribution in [2.45, 2.75) is 5.75 Å². The van der Waals surface area contributed by atoms with Gasteiger partial charge in [0.05, 0.1) is 12.8 Å². The number of thioether (sulfide) groups is 1. The summed E-state index contributed by atoms with van der Waals surface area (Å²) in [5.41, 5.74) is 5.44. The number of rotatable bonds is 7. The predicted molar refractivity (Wildman–Crippen MR) is 81.2 cm³/mol. The van der Waals surface area contributed by atoms with E-state index in [0.717, 1.165) is 17.2 Å². The molecule has 0 amide bonds. The van der Waals surface area contributed by atoms with Crippen molar-refractivity contribution in [1.29, 1.82) is 0 Å². The first-order chi connectivity index (χ1) is 9.65. The molecule has 20 heavy (non-hydrogen) atoms. The standard InChI is InChI=1S/C13H15N3O3S/c1-19-9-3-2-4-15-8(9)7-20-6-5-16-11-10(14)12(17)13(11)18/h2-4,16H,5-7,14H2,1H3. The summed E-state index contributed by atoms with van der Waals surface area (Å²) in [6, 6.07) is 3.69. The highest BCUT2D eigenvalue weighted by Gasteiger charge is 2.16. The third-order valence-corrected chi connectivity index (χ3v) is 3.77. The van der Waals surface area contributed by atoms with Crippen LogP contribution in [0.25, 0.3) is 0 Å². The quantitative estimate of drug-likeness (QED) is 0.570. The molecule has 0 aliphatic heterocycles. The number of nitrogens with one attached hydrogen (secondary N) is 1. The van der Waals surface area contributed by atoms with Crippen LogP contribution in [0.3, 0.4) is 0 Å². The molecule has 7 heteroatoms. The highest BCUT2D eigenvalue weighted by molar-refractivity contribution is 7.98. The number of nitrogen functional groups attached to an aromatic ring is 1. The zero-order valence-electron chi connectivity index (χ0n) is 11.0. The highest BCUT2D eigenvalue weighted by atomic mass is 32.2. The molecule has 0 fully saturated rings. The Hall–Kier alpha value is -2.02. The normalized spacial score (nSPS) is 10.7. The molecule has 3 N–H and O–H groups in total. The van der Waals surface area contributed by atoms with Gasteiger partial charge < -0.3 is 15.8 Å². The molecule has 0 spiro atoms. The van der Waals surface area contributed by atoms with E-state index in [2.05, 4.69) is 10.3 Å². The summed E-state index contributed by atoms with van der Waals surface area (Å²) in [6.07, 6.45) is 1.72. The largest absolute Gasteiger partial charge is 0.495 e. The fourth-order valence-corrected chi connectivity index (χ4v) is 2.52. The molecule has 6 nitrogen and oxygen atoms in total. The van der Waals surface area contributed by atoms with Gasteiger partial charge in [-0.3, -0.25) is 14.6 Å². The van der Waals surface area contributed by atoms with E-state index in [0.29, 0.717) is 12.3 Å². The van der Waals surface area contributed by atoms with E-state index in [1.807, 2.05) is 12.1 Å². The van der Waals surface area contributed by atoms with Gasteiger partial charge in [0, 0.05) is 24.2 Å². The molecular weight excluding hydrogens is 278 g/mol. The van der Waals surface area contributed by atoms with Crippen LogP contribution in [0.15, 0.2) is 27.9 Å². The molecule has 1 aromatic carbocycles. The van der Waals surface area contributed by atoms with E-state index < -0.39 is 10.9 Å². The number of anilines is 2. The molecule has 0 aliphatic carbocycles. The molecule has 1 heterocycles. The van der Waals surface area contributed by atoms with Crippen molar-refractivity contribution < 1.29 is 4.74 Å². The number of nitrogens with two attached hydrogens (primary N) is 1. The second-order valence-electron chi connectivity index (χ2n) is 4.08. The van der Waals surface area contributed by atoms with Crippen LogP contribution < -0.4 is 26.6 Å². The van der Waals surface area contributed by atoms with Crippen molar-refractivity contribution in [3.8, 4) is 5.75 Å². The Labute approximate surface area is 120 Å². The number of pyridine rings is 1. The summed E-state index contributed by atoms with van der Waals surface area (Å²) in [5, 5.41) is 2.88. The first-order valence-corrected chi connectivity index (χ1v) is 7.19. The monoisotopic (exact) mass is 293 g/mol. The van der Waals surface area contributed by atoms with Crippen molar-refractivity contribution in [1.82, 2.24) is 4.98 Å². The van der Waals surface area contributed by atoms with Crippen molar-refractivity contribution in [2.75, 3.05) is 30.5 Å². The van der Waals surface area contributed by atoms with E-state index >= 15 is 0 Å². The predicted octanol–water partition coefficient (Wildman–Crippen LogP) is 0.614. The van der Waals surface area contributed by atoms with Gasteiger partial charge in [0.2, 0.25) is 0 Å². The fraction of sp³-hybridized carbons (Fsp3) is 0.308. The first-order valence-electron chi connectivity index (χ1n) is 6.03. The van der Waals surface area contributed by atoms with Crippen LogP contribution in [0.1, 0.15) is 5.69 Å². The van der Waals surface area contributed by atoms with Crippen LogP contribution >= 0.6 is 11.8 Å². The van der Waals surface area contributed by atoms with Gasteiger partial charge in [-0.05, 0) is 12.1 Å². The lowest BCUT2D eigenvalue weighted by Crippen LogP contribution is -2.37. The molecule has 0 aliphatic rings. The fourth-order valence-electron chi connectivity index (χ4n) is 1.72.